The van der Waals surface area contributed by atoms with Crippen LogP contribution < -0.4 is 45.5 Å². The number of nitrogens with one attached hydrogen (secondary N) is 2. The van der Waals surface area contributed by atoms with E-state index in [9.17, 15) is 37.5 Å². The number of ether oxygens (including phenoxy) is 1. The van der Waals surface area contributed by atoms with E-state index in [-0.39, 0.29) is 65.1 Å². The summed E-state index contributed by atoms with van der Waals surface area (Å²) in [5.74, 6) is -3.46. The molecule has 0 saturated carbocycles. The monoisotopic (exact) mass is 522 g/mol. The fourth-order valence-electron chi connectivity index (χ4n) is 4.12. The Morgan fingerprint density at radius 3 is 2.51 bits per heavy atom. The number of hydrogen-bond donors (Lipinski definition) is 2. The molecule has 2 heterocycles. The van der Waals surface area contributed by atoms with Crippen molar-refractivity contribution in [3.8, 4) is 11.3 Å². The summed E-state index contributed by atoms with van der Waals surface area (Å²) in [4.78, 5) is 49.6. The molecule has 1 aliphatic heterocycles. The summed E-state index contributed by atoms with van der Waals surface area (Å²) in [6.45, 7) is -0.186. The van der Waals surface area contributed by atoms with Gasteiger partial charge in [0.2, 0.25) is 5.91 Å². The van der Waals surface area contributed by atoms with Gasteiger partial charge in [0.05, 0.1) is 23.5 Å². The molecule has 3 aromatic rings. The molecule has 2 aromatic carbocycles. The van der Waals surface area contributed by atoms with Gasteiger partial charge in [0, 0.05) is 22.7 Å². The molecule has 0 spiro atoms. The Morgan fingerprint density at radius 2 is 1.81 bits per heavy atom. The Morgan fingerprint density at radius 1 is 1.08 bits per heavy atom. The SMILES string of the molecule is O=C([O-])/C=C\C(=O)OCC1C[C@H](c2ccc3cc(-c4ccccc4C(F)(F)F)[nH]c(=O)c3c2)C(=O)N1.[Na+]. The molecule has 1 saturated heterocycles. The quantitative estimate of drug-likeness (QED) is 0.244. The van der Waals surface area contributed by atoms with E-state index in [1.54, 1.807) is 12.1 Å². The number of benzene rings is 2. The first kappa shape index (κ1) is 28.2. The van der Waals surface area contributed by atoms with Crippen LogP contribution in [0.15, 0.2) is 65.5 Å². The van der Waals surface area contributed by atoms with Crippen LogP contribution in [0.25, 0.3) is 22.0 Å². The number of carboxylic acid groups (broad SMARTS) is 1. The number of aliphatic carboxylic acids is 1. The van der Waals surface area contributed by atoms with Crippen LogP contribution in [0.5, 0.6) is 0 Å². The third-order valence-corrected chi connectivity index (χ3v) is 5.76. The van der Waals surface area contributed by atoms with Crippen molar-refractivity contribution in [2.45, 2.75) is 24.6 Å². The number of carbonyl (C=O) groups excluding carboxylic acids is 3. The average Bonchev–Trinajstić information content (AvgIpc) is 3.21. The molecule has 12 heteroatoms. The van der Waals surface area contributed by atoms with Crippen LogP contribution >= 0.6 is 0 Å². The molecule has 1 fully saturated rings. The van der Waals surface area contributed by atoms with Crippen molar-refractivity contribution in [3.05, 3.63) is 82.2 Å². The normalized spacial score (nSPS) is 17.4. The van der Waals surface area contributed by atoms with Gasteiger partial charge in [-0.25, -0.2) is 4.79 Å². The number of carbonyl (C=O) groups is 3. The molecule has 1 amide bonds. The number of carboxylic acids is 1. The summed E-state index contributed by atoms with van der Waals surface area (Å²) in [6.07, 6.45) is -3.13. The second kappa shape index (κ2) is 11.3. The van der Waals surface area contributed by atoms with Crippen LogP contribution in [0.3, 0.4) is 0 Å². The van der Waals surface area contributed by atoms with Gasteiger partial charge in [-0.2, -0.15) is 13.2 Å². The zero-order valence-corrected chi connectivity index (χ0v) is 21.4. The maximum Gasteiger partial charge on any atom is 1.00 e. The van der Waals surface area contributed by atoms with Crippen molar-refractivity contribution in [1.82, 2.24) is 10.3 Å². The Balaban J connectivity index is 0.00000380. The summed E-state index contributed by atoms with van der Waals surface area (Å²) in [5.41, 5.74) is -1.11. The minimum Gasteiger partial charge on any atom is -0.545 e. The van der Waals surface area contributed by atoms with E-state index in [4.69, 9.17) is 4.74 Å². The smallest absolute Gasteiger partial charge is 0.545 e. The summed E-state index contributed by atoms with van der Waals surface area (Å²) < 4.78 is 45.2. The van der Waals surface area contributed by atoms with Gasteiger partial charge in [-0.1, -0.05) is 30.3 Å². The Bertz CT molecular complexity index is 1450. The molecule has 4 rings (SSSR count). The van der Waals surface area contributed by atoms with Gasteiger partial charge in [-0.05, 0) is 41.6 Å². The first-order valence-corrected chi connectivity index (χ1v) is 10.7. The molecule has 2 atom stereocenters. The van der Waals surface area contributed by atoms with Gasteiger partial charge >= 0.3 is 41.7 Å². The molecule has 2 N–H and O–H groups in total. The van der Waals surface area contributed by atoms with Gasteiger partial charge in [0.25, 0.3) is 5.56 Å². The fraction of sp³-hybridized carbons (Fsp3) is 0.200. The van der Waals surface area contributed by atoms with Gasteiger partial charge in [0.15, 0.2) is 0 Å². The first-order valence-electron chi connectivity index (χ1n) is 10.7. The van der Waals surface area contributed by atoms with Crippen molar-refractivity contribution in [1.29, 1.82) is 0 Å². The van der Waals surface area contributed by atoms with Gasteiger partial charge < -0.3 is 24.9 Å². The molecular formula is C25H18F3N2NaO6. The van der Waals surface area contributed by atoms with Crippen LogP contribution in [-0.4, -0.2) is 35.5 Å². The molecule has 37 heavy (non-hydrogen) atoms. The largest absolute Gasteiger partial charge is 1.00 e. The number of pyridine rings is 1. The van der Waals surface area contributed by atoms with Crippen molar-refractivity contribution in [3.63, 3.8) is 0 Å². The Hall–Kier alpha value is -3.41. The van der Waals surface area contributed by atoms with Gasteiger partial charge in [-0.3, -0.25) is 9.59 Å². The fourth-order valence-corrected chi connectivity index (χ4v) is 4.12. The average molecular weight is 522 g/mol. The number of halogens is 3. The number of rotatable bonds is 6. The second-order valence-corrected chi connectivity index (χ2v) is 8.18. The number of hydrogen-bond acceptors (Lipinski definition) is 6. The van der Waals surface area contributed by atoms with Crippen LogP contribution in [-0.2, 0) is 25.3 Å². The zero-order valence-electron chi connectivity index (χ0n) is 19.4. The number of fused-ring (bicyclic) bond motifs is 1. The number of aromatic nitrogens is 1. The van der Waals surface area contributed by atoms with E-state index in [2.05, 4.69) is 10.3 Å². The molecule has 1 aromatic heterocycles. The van der Waals surface area contributed by atoms with Crippen molar-refractivity contribution in [2.75, 3.05) is 6.61 Å². The molecular weight excluding hydrogens is 504 g/mol. The standard InChI is InChI=1S/C25H19F3N2O6.Na/c26-25(27,28)19-4-2-1-3-16(19)20-10-14-6-5-13(9-17(14)24(35)30-20)18-11-15(29-23(18)34)12-36-22(33)8-7-21(31)32;/h1-10,15,18H,11-12H2,(H,29,34)(H,30,35)(H,31,32);/q;+1/p-1/b8-7-;/t15?,18-;/m1./s1. The van der Waals surface area contributed by atoms with Gasteiger partial charge in [-0.15, -0.1) is 0 Å². The minimum absolute atomic E-state index is 0. The van der Waals surface area contributed by atoms with E-state index >= 15 is 0 Å². The molecule has 1 unspecified atom stereocenters. The summed E-state index contributed by atoms with van der Waals surface area (Å²) in [7, 11) is 0. The molecule has 0 bridgehead atoms. The number of esters is 1. The van der Waals surface area contributed by atoms with Crippen molar-refractivity contribution in [2.24, 2.45) is 0 Å². The predicted molar refractivity (Wildman–Crippen MR) is 119 cm³/mol. The third kappa shape index (κ3) is 6.48. The number of amides is 1. The van der Waals surface area contributed by atoms with Crippen LogP contribution in [0, 0.1) is 0 Å². The maximum absolute atomic E-state index is 13.4. The van der Waals surface area contributed by atoms with E-state index in [0.717, 1.165) is 6.07 Å². The Labute approximate surface area is 229 Å². The number of aromatic amines is 1. The molecule has 8 nitrogen and oxygen atoms in total. The van der Waals surface area contributed by atoms with Crippen LogP contribution in [0.4, 0.5) is 13.2 Å². The number of alkyl halides is 3. The maximum atomic E-state index is 13.4. The van der Waals surface area contributed by atoms with Crippen molar-refractivity contribution >= 4 is 28.6 Å². The molecule has 186 valence electrons. The van der Waals surface area contributed by atoms with Crippen LogP contribution in [0.2, 0.25) is 0 Å². The van der Waals surface area contributed by atoms with E-state index in [0.29, 0.717) is 23.1 Å². The summed E-state index contributed by atoms with van der Waals surface area (Å²) >= 11 is 0. The van der Waals surface area contributed by atoms with Crippen molar-refractivity contribution < 1.29 is 67.0 Å². The zero-order chi connectivity index (χ0) is 26.0. The topological polar surface area (TPSA) is 128 Å². The van der Waals surface area contributed by atoms with Crippen LogP contribution in [0.1, 0.15) is 23.5 Å². The molecule has 0 radical (unpaired) electrons. The minimum atomic E-state index is -4.60. The summed E-state index contributed by atoms with van der Waals surface area (Å²) in [5, 5.41) is 13.6. The number of H-pyrrole nitrogens is 1. The second-order valence-electron chi connectivity index (χ2n) is 8.18. The van der Waals surface area contributed by atoms with E-state index in [1.165, 1.54) is 30.3 Å². The first-order chi connectivity index (χ1) is 17.0. The summed E-state index contributed by atoms with van der Waals surface area (Å²) in [6, 6.07) is 10.5. The Kier molecular flexibility index (Phi) is 8.62. The molecule has 0 aliphatic carbocycles. The third-order valence-electron chi connectivity index (χ3n) is 5.76. The van der Waals surface area contributed by atoms with E-state index < -0.39 is 41.2 Å². The predicted octanol–water partition coefficient (Wildman–Crippen LogP) is -0.961. The van der Waals surface area contributed by atoms with Gasteiger partial charge in [0.1, 0.15) is 6.61 Å². The molecule has 1 aliphatic rings. The van der Waals surface area contributed by atoms with E-state index in [1.807, 2.05) is 0 Å².